The van der Waals surface area contributed by atoms with Gasteiger partial charge in [0.1, 0.15) is 5.75 Å². The van der Waals surface area contributed by atoms with E-state index in [2.05, 4.69) is 31.7 Å². The van der Waals surface area contributed by atoms with Crippen molar-refractivity contribution in [3.05, 3.63) is 46.0 Å². The second kappa shape index (κ2) is 11.4. The molecule has 9 N–H and O–H groups in total. The van der Waals surface area contributed by atoms with Crippen molar-refractivity contribution in [2.24, 2.45) is 11.5 Å². The van der Waals surface area contributed by atoms with Gasteiger partial charge in [-0.2, -0.15) is 4.98 Å². The molecule has 0 fully saturated rings. The maximum Gasteiger partial charge on any atom is 0.280 e. The SMILES string of the molecule is NCCNCc1cc(CNCCN)cc(OCCCn2cnc3c(=O)[nH]c(N)nc32)c1. The van der Waals surface area contributed by atoms with Gasteiger partial charge in [-0.1, -0.05) is 6.07 Å². The minimum absolute atomic E-state index is 0.0753. The molecule has 0 saturated heterocycles. The lowest BCUT2D eigenvalue weighted by molar-refractivity contribution is 0.301. The fourth-order valence-corrected chi connectivity index (χ4v) is 3.24. The van der Waals surface area contributed by atoms with Gasteiger partial charge in [-0.15, -0.1) is 0 Å². The number of anilines is 1. The average Bonchev–Trinajstić information content (AvgIpc) is 3.15. The van der Waals surface area contributed by atoms with Crippen LogP contribution in [-0.2, 0) is 19.6 Å². The molecule has 0 aliphatic rings. The number of aromatic nitrogens is 4. The number of nitrogens with one attached hydrogen (secondary N) is 3. The summed E-state index contributed by atoms with van der Waals surface area (Å²) in [4.78, 5) is 22.6. The van der Waals surface area contributed by atoms with Crippen LogP contribution < -0.4 is 38.1 Å². The second-order valence-electron chi connectivity index (χ2n) is 7.18. The first-order chi connectivity index (χ1) is 15.1. The highest BCUT2D eigenvalue weighted by atomic mass is 16.5. The van der Waals surface area contributed by atoms with E-state index in [1.165, 1.54) is 0 Å². The summed E-state index contributed by atoms with van der Waals surface area (Å²) in [5.41, 5.74) is 19.4. The molecule has 0 bridgehead atoms. The number of hydrogen-bond acceptors (Lipinski definition) is 9. The minimum atomic E-state index is -0.340. The predicted octanol–water partition coefficient (Wildman–Crippen LogP) is -0.732. The molecule has 0 spiro atoms. The van der Waals surface area contributed by atoms with Gasteiger partial charge < -0.3 is 37.1 Å². The average molecular weight is 430 g/mol. The van der Waals surface area contributed by atoms with E-state index in [4.69, 9.17) is 21.9 Å². The number of ether oxygens (including phenoxy) is 1. The lowest BCUT2D eigenvalue weighted by Gasteiger charge is -2.13. The zero-order valence-electron chi connectivity index (χ0n) is 17.6. The van der Waals surface area contributed by atoms with Crippen LogP contribution in [0.2, 0.25) is 0 Å². The number of hydrogen-bond donors (Lipinski definition) is 6. The molecule has 0 radical (unpaired) electrons. The lowest BCUT2D eigenvalue weighted by atomic mass is 10.1. The van der Waals surface area contributed by atoms with Crippen molar-refractivity contribution in [1.29, 1.82) is 0 Å². The van der Waals surface area contributed by atoms with Gasteiger partial charge >= 0.3 is 0 Å². The van der Waals surface area contributed by atoms with Gasteiger partial charge in [0.2, 0.25) is 5.95 Å². The van der Waals surface area contributed by atoms with Gasteiger partial charge in [0.15, 0.2) is 11.2 Å². The number of nitrogens with two attached hydrogens (primary N) is 3. The van der Waals surface area contributed by atoms with Crippen molar-refractivity contribution in [2.45, 2.75) is 26.1 Å². The Morgan fingerprint density at radius 3 is 2.39 bits per heavy atom. The van der Waals surface area contributed by atoms with E-state index in [1.54, 1.807) is 10.9 Å². The Kier molecular flexibility index (Phi) is 8.35. The molecular formula is C20H31N9O2. The van der Waals surface area contributed by atoms with Crippen LogP contribution in [0.1, 0.15) is 17.5 Å². The largest absolute Gasteiger partial charge is 0.494 e. The predicted molar refractivity (Wildman–Crippen MR) is 121 cm³/mol. The normalized spacial score (nSPS) is 11.3. The zero-order chi connectivity index (χ0) is 22.1. The highest BCUT2D eigenvalue weighted by molar-refractivity contribution is 5.70. The van der Waals surface area contributed by atoms with E-state index in [1.807, 2.05) is 12.1 Å². The highest BCUT2D eigenvalue weighted by Crippen LogP contribution is 2.18. The number of fused-ring (bicyclic) bond motifs is 1. The molecule has 0 unspecified atom stereocenters. The Morgan fingerprint density at radius 2 is 1.74 bits per heavy atom. The number of aryl methyl sites for hydroxylation is 1. The third kappa shape index (κ3) is 6.49. The molecule has 3 rings (SSSR count). The molecular weight excluding hydrogens is 398 g/mol. The first-order valence-electron chi connectivity index (χ1n) is 10.4. The number of aromatic amines is 1. The first kappa shape index (κ1) is 22.7. The molecule has 0 saturated carbocycles. The topological polar surface area (TPSA) is 175 Å². The Balaban J connectivity index is 1.60. The van der Waals surface area contributed by atoms with Crippen molar-refractivity contribution < 1.29 is 4.74 Å². The molecule has 2 aromatic heterocycles. The molecule has 11 heteroatoms. The van der Waals surface area contributed by atoms with Gasteiger partial charge in [-0.25, -0.2) is 4.98 Å². The molecule has 31 heavy (non-hydrogen) atoms. The van der Waals surface area contributed by atoms with Gasteiger partial charge in [0.05, 0.1) is 12.9 Å². The second-order valence-corrected chi connectivity index (χ2v) is 7.18. The number of nitrogen functional groups attached to an aromatic ring is 1. The number of rotatable bonds is 13. The standard InChI is InChI=1S/C20H31N9O2/c21-2-4-24-11-14-8-15(12-25-5-3-22)10-16(9-14)31-7-1-6-29-13-26-17-18(29)27-20(23)28-19(17)30/h8-10,13,24-25H,1-7,11-12,21-22H2,(H3,23,27,28,30). The number of benzene rings is 1. The maximum atomic E-state index is 11.9. The lowest BCUT2D eigenvalue weighted by Crippen LogP contribution is -2.23. The van der Waals surface area contributed by atoms with Gasteiger partial charge in [-0.3, -0.25) is 9.78 Å². The molecule has 0 atom stereocenters. The number of nitrogens with zero attached hydrogens (tertiary/aromatic N) is 3. The summed E-state index contributed by atoms with van der Waals surface area (Å²) in [7, 11) is 0. The Hall–Kier alpha value is -2.99. The van der Waals surface area contributed by atoms with Crippen molar-refractivity contribution in [3.8, 4) is 5.75 Å². The van der Waals surface area contributed by atoms with E-state index in [0.29, 0.717) is 31.9 Å². The Labute approximate surface area is 180 Å². The van der Waals surface area contributed by atoms with Crippen LogP contribution in [0.4, 0.5) is 5.95 Å². The summed E-state index contributed by atoms with van der Waals surface area (Å²) in [5, 5.41) is 6.62. The number of imidazole rings is 1. The summed E-state index contributed by atoms with van der Waals surface area (Å²) >= 11 is 0. The van der Waals surface area contributed by atoms with Gasteiger partial charge in [-0.05, 0) is 29.7 Å². The van der Waals surface area contributed by atoms with Crippen molar-refractivity contribution in [1.82, 2.24) is 30.2 Å². The number of H-pyrrole nitrogens is 1. The first-order valence-corrected chi connectivity index (χ1v) is 10.4. The van der Waals surface area contributed by atoms with Gasteiger partial charge in [0, 0.05) is 45.8 Å². The smallest absolute Gasteiger partial charge is 0.280 e. The molecule has 168 valence electrons. The van der Waals surface area contributed by atoms with E-state index < -0.39 is 0 Å². The van der Waals surface area contributed by atoms with Crippen LogP contribution in [-0.4, -0.2) is 52.3 Å². The zero-order valence-corrected chi connectivity index (χ0v) is 17.6. The molecule has 0 aliphatic carbocycles. The summed E-state index contributed by atoms with van der Waals surface area (Å²) in [6.45, 7) is 5.26. The van der Waals surface area contributed by atoms with E-state index >= 15 is 0 Å². The fraction of sp³-hybridized carbons (Fsp3) is 0.450. The van der Waals surface area contributed by atoms with Crippen molar-refractivity contribution >= 4 is 17.1 Å². The van der Waals surface area contributed by atoms with E-state index in [0.717, 1.165) is 49.5 Å². The highest BCUT2D eigenvalue weighted by Gasteiger charge is 2.09. The summed E-state index contributed by atoms with van der Waals surface area (Å²) in [6.07, 6.45) is 2.31. The van der Waals surface area contributed by atoms with Crippen LogP contribution in [0, 0.1) is 0 Å². The summed E-state index contributed by atoms with van der Waals surface area (Å²) in [5.74, 6) is 0.886. The van der Waals surface area contributed by atoms with E-state index in [9.17, 15) is 4.79 Å². The Bertz CT molecular complexity index is 1000. The molecule has 1 aromatic carbocycles. The molecule has 2 heterocycles. The van der Waals surface area contributed by atoms with E-state index in [-0.39, 0.29) is 17.0 Å². The molecule has 11 nitrogen and oxygen atoms in total. The third-order valence-corrected chi connectivity index (χ3v) is 4.63. The quantitative estimate of drug-likeness (QED) is 0.191. The Morgan fingerprint density at radius 1 is 1.06 bits per heavy atom. The maximum absolute atomic E-state index is 11.9. The monoisotopic (exact) mass is 429 g/mol. The van der Waals surface area contributed by atoms with Crippen LogP contribution >= 0.6 is 0 Å². The fourth-order valence-electron chi connectivity index (χ4n) is 3.24. The van der Waals surface area contributed by atoms with Crippen molar-refractivity contribution in [2.75, 3.05) is 38.5 Å². The summed E-state index contributed by atoms with van der Waals surface area (Å²) < 4.78 is 7.81. The summed E-state index contributed by atoms with van der Waals surface area (Å²) in [6, 6.07) is 6.21. The van der Waals surface area contributed by atoms with Crippen LogP contribution in [0.25, 0.3) is 11.2 Å². The van der Waals surface area contributed by atoms with Gasteiger partial charge in [0.25, 0.3) is 5.56 Å². The van der Waals surface area contributed by atoms with Crippen molar-refractivity contribution in [3.63, 3.8) is 0 Å². The van der Waals surface area contributed by atoms with Crippen LogP contribution in [0.3, 0.4) is 0 Å². The molecule has 3 aromatic rings. The van der Waals surface area contributed by atoms with Crippen LogP contribution in [0.15, 0.2) is 29.3 Å². The minimum Gasteiger partial charge on any atom is -0.494 e. The molecule has 0 amide bonds. The van der Waals surface area contributed by atoms with Crippen LogP contribution in [0.5, 0.6) is 5.75 Å². The molecule has 0 aliphatic heterocycles. The third-order valence-electron chi connectivity index (χ3n) is 4.63.